The summed E-state index contributed by atoms with van der Waals surface area (Å²) >= 11 is 1.68. The average Bonchev–Trinajstić information content (AvgIpc) is 2.14. The lowest BCUT2D eigenvalue weighted by Gasteiger charge is -2.00. The first-order valence-electron chi connectivity index (χ1n) is 2.68. The van der Waals surface area contributed by atoms with E-state index in [9.17, 15) is 0 Å². The summed E-state index contributed by atoms with van der Waals surface area (Å²) in [5, 5.41) is 4.30. The standard InChI is InChI=1S/C5H10N2S/c1-4-3-6-5(7-4)8-2/h4H,3H2,1-2H3,(H,6,7)/t4-/m0/s1. The second-order valence-electron chi connectivity index (χ2n) is 1.90. The van der Waals surface area contributed by atoms with Crippen LogP contribution >= 0.6 is 11.8 Å². The first-order chi connectivity index (χ1) is 3.83. The summed E-state index contributed by atoms with van der Waals surface area (Å²) in [4.78, 5) is 4.20. The number of hydrogen-bond donors (Lipinski definition) is 1. The Balaban J connectivity index is 2.37. The molecule has 0 aromatic carbocycles. The van der Waals surface area contributed by atoms with Crippen LogP contribution in [0.4, 0.5) is 0 Å². The molecule has 0 unspecified atom stereocenters. The van der Waals surface area contributed by atoms with Gasteiger partial charge < -0.3 is 5.32 Å². The number of hydrogen-bond acceptors (Lipinski definition) is 3. The Kier molecular flexibility index (Phi) is 1.78. The Morgan fingerprint density at radius 3 is 2.88 bits per heavy atom. The van der Waals surface area contributed by atoms with Gasteiger partial charge in [-0.3, -0.25) is 4.99 Å². The zero-order valence-electron chi connectivity index (χ0n) is 5.14. The van der Waals surface area contributed by atoms with Crippen LogP contribution in [0.15, 0.2) is 4.99 Å². The quantitative estimate of drug-likeness (QED) is 0.522. The molecule has 0 aromatic rings. The molecule has 0 bridgehead atoms. The molecule has 0 saturated carbocycles. The molecule has 1 aliphatic heterocycles. The predicted molar refractivity (Wildman–Crippen MR) is 38.4 cm³/mol. The Hall–Kier alpha value is -0.180. The highest BCUT2D eigenvalue weighted by Gasteiger charge is 2.09. The van der Waals surface area contributed by atoms with Gasteiger partial charge in [0.05, 0.1) is 6.54 Å². The molecule has 0 aliphatic carbocycles. The van der Waals surface area contributed by atoms with Crippen molar-refractivity contribution in [3.8, 4) is 0 Å². The van der Waals surface area contributed by atoms with Crippen molar-refractivity contribution < 1.29 is 0 Å². The smallest absolute Gasteiger partial charge is 0.156 e. The molecule has 0 amide bonds. The van der Waals surface area contributed by atoms with Crippen molar-refractivity contribution in [1.29, 1.82) is 0 Å². The second kappa shape index (κ2) is 2.40. The van der Waals surface area contributed by atoms with Crippen molar-refractivity contribution in [1.82, 2.24) is 5.32 Å². The summed E-state index contributed by atoms with van der Waals surface area (Å²) in [6, 6.07) is 0.553. The first kappa shape index (κ1) is 5.95. The maximum Gasteiger partial charge on any atom is 0.156 e. The summed E-state index contributed by atoms with van der Waals surface area (Å²) in [5.74, 6) is 0. The van der Waals surface area contributed by atoms with Gasteiger partial charge >= 0.3 is 0 Å². The van der Waals surface area contributed by atoms with Crippen LogP contribution in [0.1, 0.15) is 6.92 Å². The molecule has 0 aromatic heterocycles. The molecular weight excluding hydrogens is 120 g/mol. The topological polar surface area (TPSA) is 24.4 Å². The zero-order chi connectivity index (χ0) is 5.98. The van der Waals surface area contributed by atoms with E-state index in [-0.39, 0.29) is 0 Å². The number of nitrogens with one attached hydrogen (secondary N) is 1. The molecule has 0 saturated heterocycles. The Labute approximate surface area is 53.8 Å². The van der Waals surface area contributed by atoms with E-state index >= 15 is 0 Å². The van der Waals surface area contributed by atoms with E-state index in [1.807, 2.05) is 6.26 Å². The molecule has 0 radical (unpaired) electrons. The van der Waals surface area contributed by atoms with E-state index in [0.717, 1.165) is 11.7 Å². The van der Waals surface area contributed by atoms with Crippen LogP contribution in [0.5, 0.6) is 0 Å². The van der Waals surface area contributed by atoms with E-state index in [1.165, 1.54) is 0 Å². The van der Waals surface area contributed by atoms with Crippen molar-refractivity contribution >= 4 is 16.9 Å². The SMILES string of the molecule is CSC1=NC[C@H](C)N1. The van der Waals surface area contributed by atoms with Gasteiger partial charge in [0.2, 0.25) is 0 Å². The summed E-state index contributed by atoms with van der Waals surface area (Å²) in [5.41, 5.74) is 0. The van der Waals surface area contributed by atoms with Crippen LogP contribution in [0.3, 0.4) is 0 Å². The fourth-order valence-electron chi connectivity index (χ4n) is 0.645. The lowest BCUT2D eigenvalue weighted by Crippen LogP contribution is -2.24. The highest BCUT2D eigenvalue weighted by atomic mass is 32.2. The molecule has 1 rings (SSSR count). The largest absolute Gasteiger partial charge is 0.361 e. The lowest BCUT2D eigenvalue weighted by molar-refractivity contribution is 0.728. The lowest BCUT2D eigenvalue weighted by atomic mass is 10.4. The van der Waals surface area contributed by atoms with Gasteiger partial charge in [0.15, 0.2) is 5.17 Å². The third kappa shape index (κ3) is 1.15. The Bertz CT molecular complexity index is 111. The summed E-state index contributed by atoms with van der Waals surface area (Å²) in [7, 11) is 0. The normalized spacial score (nSPS) is 27.2. The number of aliphatic imine (C=N–C) groups is 1. The van der Waals surface area contributed by atoms with Crippen LogP contribution < -0.4 is 5.32 Å². The molecule has 1 heterocycles. The Morgan fingerprint density at radius 2 is 2.62 bits per heavy atom. The number of nitrogens with zero attached hydrogens (tertiary/aromatic N) is 1. The molecule has 1 aliphatic rings. The van der Waals surface area contributed by atoms with Gasteiger partial charge in [-0.2, -0.15) is 0 Å². The van der Waals surface area contributed by atoms with E-state index in [0.29, 0.717) is 6.04 Å². The molecular formula is C5H10N2S. The summed E-state index contributed by atoms with van der Waals surface area (Å²) in [6.45, 7) is 3.07. The highest BCUT2D eigenvalue weighted by molar-refractivity contribution is 8.13. The van der Waals surface area contributed by atoms with Crippen molar-refractivity contribution in [2.75, 3.05) is 12.8 Å². The van der Waals surface area contributed by atoms with Crippen molar-refractivity contribution in [2.45, 2.75) is 13.0 Å². The van der Waals surface area contributed by atoms with Gasteiger partial charge in [0, 0.05) is 6.04 Å². The minimum absolute atomic E-state index is 0.553. The van der Waals surface area contributed by atoms with Gasteiger partial charge in [-0.1, -0.05) is 11.8 Å². The predicted octanol–water partition coefficient (Wildman–Crippen LogP) is 0.697. The van der Waals surface area contributed by atoms with Crippen LogP contribution in [-0.4, -0.2) is 24.0 Å². The minimum atomic E-state index is 0.553. The summed E-state index contributed by atoms with van der Waals surface area (Å²) in [6.07, 6.45) is 2.03. The van der Waals surface area contributed by atoms with E-state index < -0.39 is 0 Å². The highest BCUT2D eigenvalue weighted by Crippen LogP contribution is 2.02. The van der Waals surface area contributed by atoms with E-state index in [4.69, 9.17) is 0 Å². The molecule has 3 heteroatoms. The number of rotatable bonds is 0. The van der Waals surface area contributed by atoms with Crippen molar-refractivity contribution in [3.63, 3.8) is 0 Å². The maximum atomic E-state index is 4.20. The number of amidine groups is 1. The third-order valence-corrected chi connectivity index (χ3v) is 1.71. The van der Waals surface area contributed by atoms with Crippen LogP contribution in [0.25, 0.3) is 0 Å². The fraction of sp³-hybridized carbons (Fsp3) is 0.800. The molecule has 46 valence electrons. The van der Waals surface area contributed by atoms with Crippen molar-refractivity contribution in [3.05, 3.63) is 0 Å². The zero-order valence-corrected chi connectivity index (χ0v) is 5.96. The molecule has 0 fully saturated rings. The van der Waals surface area contributed by atoms with Gasteiger partial charge in [-0.25, -0.2) is 0 Å². The molecule has 8 heavy (non-hydrogen) atoms. The maximum absolute atomic E-state index is 4.20. The number of thioether (sulfide) groups is 1. The monoisotopic (exact) mass is 130 g/mol. The second-order valence-corrected chi connectivity index (χ2v) is 2.69. The minimum Gasteiger partial charge on any atom is -0.361 e. The van der Waals surface area contributed by atoms with E-state index in [2.05, 4.69) is 17.2 Å². The van der Waals surface area contributed by atoms with Crippen LogP contribution in [0.2, 0.25) is 0 Å². The van der Waals surface area contributed by atoms with Gasteiger partial charge in [0.1, 0.15) is 0 Å². The molecule has 2 nitrogen and oxygen atoms in total. The fourth-order valence-corrected chi connectivity index (χ4v) is 1.17. The first-order valence-corrected chi connectivity index (χ1v) is 3.90. The third-order valence-electron chi connectivity index (χ3n) is 1.07. The Morgan fingerprint density at radius 1 is 1.88 bits per heavy atom. The molecule has 1 N–H and O–H groups in total. The van der Waals surface area contributed by atoms with Gasteiger partial charge in [-0.15, -0.1) is 0 Å². The van der Waals surface area contributed by atoms with Crippen LogP contribution in [0, 0.1) is 0 Å². The van der Waals surface area contributed by atoms with Gasteiger partial charge in [-0.05, 0) is 13.2 Å². The van der Waals surface area contributed by atoms with Crippen molar-refractivity contribution in [2.24, 2.45) is 4.99 Å². The molecule has 0 spiro atoms. The average molecular weight is 130 g/mol. The molecule has 1 atom stereocenters. The summed E-state index contributed by atoms with van der Waals surface area (Å²) < 4.78 is 0. The van der Waals surface area contributed by atoms with Gasteiger partial charge in [0.25, 0.3) is 0 Å². The van der Waals surface area contributed by atoms with E-state index in [1.54, 1.807) is 11.8 Å². The van der Waals surface area contributed by atoms with Crippen LogP contribution in [-0.2, 0) is 0 Å².